The smallest absolute Gasteiger partial charge is 0.0422 e. The van der Waals surface area contributed by atoms with E-state index in [1.54, 1.807) is 0 Å². The second kappa shape index (κ2) is 5.38. The summed E-state index contributed by atoms with van der Waals surface area (Å²) in [6.07, 6.45) is 0. The summed E-state index contributed by atoms with van der Waals surface area (Å²) in [6, 6.07) is 21.6. The number of fused-ring (bicyclic) bond motifs is 1. The van der Waals surface area contributed by atoms with Gasteiger partial charge in [-0.05, 0) is 30.9 Å². The van der Waals surface area contributed by atoms with Crippen LogP contribution < -0.4 is 5.32 Å². The van der Waals surface area contributed by atoms with Crippen LogP contribution in [0.1, 0.15) is 16.7 Å². The van der Waals surface area contributed by atoms with Crippen molar-refractivity contribution in [2.45, 2.75) is 20.4 Å². The van der Waals surface area contributed by atoms with Gasteiger partial charge in [-0.1, -0.05) is 65.7 Å². The summed E-state index contributed by atoms with van der Waals surface area (Å²) in [4.78, 5) is 0. The highest BCUT2D eigenvalue weighted by atomic mass is 14.9. The summed E-state index contributed by atoms with van der Waals surface area (Å²) in [5.74, 6) is 0. The van der Waals surface area contributed by atoms with E-state index in [9.17, 15) is 0 Å². The van der Waals surface area contributed by atoms with Crippen molar-refractivity contribution in [2.24, 2.45) is 0 Å². The van der Waals surface area contributed by atoms with E-state index in [0.717, 1.165) is 6.54 Å². The molecule has 3 aromatic carbocycles. The Hall–Kier alpha value is -2.28. The van der Waals surface area contributed by atoms with Crippen LogP contribution >= 0.6 is 0 Å². The topological polar surface area (TPSA) is 12.0 Å². The molecule has 0 aliphatic heterocycles. The molecule has 1 N–H and O–H groups in total. The number of anilines is 1. The van der Waals surface area contributed by atoms with Crippen LogP contribution in [0.15, 0.2) is 60.7 Å². The molecule has 0 fully saturated rings. The van der Waals surface area contributed by atoms with Crippen LogP contribution in [-0.4, -0.2) is 0 Å². The second-order valence-corrected chi connectivity index (χ2v) is 5.38. The number of hydrogen-bond donors (Lipinski definition) is 1. The molecule has 0 aliphatic rings. The van der Waals surface area contributed by atoms with Crippen LogP contribution in [0.2, 0.25) is 0 Å². The SMILES string of the molecule is Cc1cc(C)cc(CNc2cccc3ccccc23)c1. The van der Waals surface area contributed by atoms with Gasteiger partial charge in [-0.3, -0.25) is 0 Å². The molecular formula is C19H19N. The lowest BCUT2D eigenvalue weighted by Crippen LogP contribution is -2.00. The van der Waals surface area contributed by atoms with Gasteiger partial charge in [0.1, 0.15) is 0 Å². The fourth-order valence-electron chi connectivity index (χ4n) is 2.75. The lowest BCUT2D eigenvalue weighted by Gasteiger charge is -2.11. The Morgan fingerprint density at radius 3 is 2.30 bits per heavy atom. The summed E-state index contributed by atoms with van der Waals surface area (Å²) in [5.41, 5.74) is 5.16. The largest absolute Gasteiger partial charge is 0.380 e. The molecule has 1 heteroatoms. The zero-order chi connectivity index (χ0) is 13.9. The van der Waals surface area contributed by atoms with E-state index >= 15 is 0 Å². The molecule has 0 bridgehead atoms. The summed E-state index contributed by atoms with van der Waals surface area (Å²) in [6.45, 7) is 5.15. The molecule has 3 rings (SSSR count). The monoisotopic (exact) mass is 261 g/mol. The number of nitrogens with one attached hydrogen (secondary N) is 1. The van der Waals surface area contributed by atoms with E-state index < -0.39 is 0 Å². The maximum absolute atomic E-state index is 3.56. The molecule has 0 saturated carbocycles. The van der Waals surface area contributed by atoms with E-state index in [1.807, 2.05) is 0 Å². The van der Waals surface area contributed by atoms with Crippen LogP contribution in [-0.2, 0) is 6.54 Å². The number of aryl methyl sites for hydroxylation is 2. The number of rotatable bonds is 3. The minimum Gasteiger partial charge on any atom is -0.380 e. The lowest BCUT2D eigenvalue weighted by atomic mass is 10.1. The van der Waals surface area contributed by atoms with Gasteiger partial charge in [0.2, 0.25) is 0 Å². The normalized spacial score (nSPS) is 10.7. The summed E-state index contributed by atoms with van der Waals surface area (Å²) >= 11 is 0. The number of hydrogen-bond acceptors (Lipinski definition) is 1. The van der Waals surface area contributed by atoms with Gasteiger partial charge in [-0.2, -0.15) is 0 Å². The Balaban J connectivity index is 1.87. The van der Waals surface area contributed by atoms with Gasteiger partial charge in [-0.15, -0.1) is 0 Å². The first-order valence-corrected chi connectivity index (χ1v) is 7.01. The average molecular weight is 261 g/mol. The molecule has 1 nitrogen and oxygen atoms in total. The maximum Gasteiger partial charge on any atom is 0.0422 e. The first-order chi connectivity index (χ1) is 9.72. The molecule has 0 saturated heterocycles. The van der Waals surface area contributed by atoms with Crippen molar-refractivity contribution in [3.63, 3.8) is 0 Å². The molecule has 100 valence electrons. The van der Waals surface area contributed by atoms with Crippen molar-refractivity contribution in [1.82, 2.24) is 0 Å². The Morgan fingerprint density at radius 1 is 0.800 bits per heavy atom. The third-order valence-corrected chi connectivity index (χ3v) is 3.55. The Labute approximate surface area is 120 Å². The summed E-state index contributed by atoms with van der Waals surface area (Å²) in [5, 5.41) is 6.11. The molecule has 20 heavy (non-hydrogen) atoms. The minimum atomic E-state index is 0.858. The predicted molar refractivity (Wildman–Crippen MR) is 87.2 cm³/mol. The maximum atomic E-state index is 3.56. The highest BCUT2D eigenvalue weighted by molar-refractivity contribution is 5.93. The van der Waals surface area contributed by atoms with Gasteiger partial charge in [0.15, 0.2) is 0 Å². The first kappa shape index (κ1) is 12.7. The van der Waals surface area contributed by atoms with E-state index in [-0.39, 0.29) is 0 Å². The van der Waals surface area contributed by atoms with Crippen molar-refractivity contribution >= 4 is 16.5 Å². The highest BCUT2D eigenvalue weighted by Crippen LogP contribution is 2.23. The molecule has 0 unspecified atom stereocenters. The molecule has 0 atom stereocenters. The quantitative estimate of drug-likeness (QED) is 0.694. The van der Waals surface area contributed by atoms with Crippen LogP contribution in [0, 0.1) is 13.8 Å². The van der Waals surface area contributed by atoms with Crippen LogP contribution in [0.25, 0.3) is 10.8 Å². The van der Waals surface area contributed by atoms with Crippen molar-refractivity contribution in [2.75, 3.05) is 5.32 Å². The Kier molecular flexibility index (Phi) is 3.42. The Morgan fingerprint density at radius 2 is 1.50 bits per heavy atom. The van der Waals surface area contributed by atoms with Gasteiger partial charge in [0, 0.05) is 17.6 Å². The summed E-state index contributed by atoms with van der Waals surface area (Å²) < 4.78 is 0. The van der Waals surface area contributed by atoms with E-state index in [2.05, 4.69) is 79.8 Å². The van der Waals surface area contributed by atoms with E-state index in [4.69, 9.17) is 0 Å². The van der Waals surface area contributed by atoms with Gasteiger partial charge in [0.05, 0.1) is 0 Å². The van der Waals surface area contributed by atoms with Gasteiger partial charge in [-0.25, -0.2) is 0 Å². The van der Waals surface area contributed by atoms with Crippen LogP contribution in [0.4, 0.5) is 5.69 Å². The molecule has 3 aromatic rings. The zero-order valence-corrected chi connectivity index (χ0v) is 12.0. The van der Waals surface area contributed by atoms with E-state index in [1.165, 1.54) is 33.2 Å². The molecule has 0 spiro atoms. The van der Waals surface area contributed by atoms with Crippen molar-refractivity contribution in [3.05, 3.63) is 77.4 Å². The molecule has 0 aromatic heterocycles. The molecule has 0 heterocycles. The molecule has 0 amide bonds. The zero-order valence-electron chi connectivity index (χ0n) is 12.0. The average Bonchev–Trinajstić information content (AvgIpc) is 2.44. The van der Waals surface area contributed by atoms with Crippen molar-refractivity contribution < 1.29 is 0 Å². The Bertz CT molecular complexity index is 718. The van der Waals surface area contributed by atoms with Crippen LogP contribution in [0.5, 0.6) is 0 Å². The van der Waals surface area contributed by atoms with Gasteiger partial charge >= 0.3 is 0 Å². The third kappa shape index (κ3) is 2.67. The van der Waals surface area contributed by atoms with Gasteiger partial charge in [0.25, 0.3) is 0 Å². The predicted octanol–water partition coefficient (Wildman–Crippen LogP) is 5.07. The molecular weight excluding hydrogens is 242 g/mol. The fraction of sp³-hybridized carbons (Fsp3) is 0.158. The third-order valence-electron chi connectivity index (χ3n) is 3.55. The highest BCUT2D eigenvalue weighted by Gasteiger charge is 2.01. The summed E-state index contributed by atoms with van der Waals surface area (Å²) in [7, 11) is 0. The van der Waals surface area contributed by atoms with Crippen molar-refractivity contribution in [1.29, 1.82) is 0 Å². The van der Waals surface area contributed by atoms with E-state index in [0.29, 0.717) is 0 Å². The molecule has 0 radical (unpaired) electrons. The number of benzene rings is 3. The van der Waals surface area contributed by atoms with Crippen LogP contribution in [0.3, 0.4) is 0 Å². The van der Waals surface area contributed by atoms with Crippen molar-refractivity contribution in [3.8, 4) is 0 Å². The second-order valence-electron chi connectivity index (χ2n) is 5.38. The lowest BCUT2D eigenvalue weighted by molar-refractivity contribution is 1.13. The minimum absolute atomic E-state index is 0.858. The standard InChI is InChI=1S/C19H19N/c1-14-10-15(2)12-16(11-14)13-20-19-9-5-7-17-6-3-4-8-18(17)19/h3-12,20H,13H2,1-2H3. The molecule has 0 aliphatic carbocycles. The fourth-order valence-corrected chi connectivity index (χ4v) is 2.75. The van der Waals surface area contributed by atoms with Gasteiger partial charge < -0.3 is 5.32 Å². The first-order valence-electron chi connectivity index (χ1n) is 7.01.